The minimum absolute atomic E-state index is 0.0168. The summed E-state index contributed by atoms with van der Waals surface area (Å²) in [7, 11) is 0. The maximum atomic E-state index is 11.9. The Morgan fingerprint density at radius 2 is 2.11 bits per heavy atom. The molecular weight excluding hydrogens is 244 g/mol. The lowest BCUT2D eigenvalue weighted by atomic mass is 10.2. The predicted octanol–water partition coefficient (Wildman–Crippen LogP) is 0.856. The molecule has 19 heavy (non-hydrogen) atoms. The molecule has 0 fully saturated rings. The van der Waals surface area contributed by atoms with Gasteiger partial charge in [0.1, 0.15) is 5.69 Å². The van der Waals surface area contributed by atoms with Crippen molar-refractivity contribution in [2.45, 2.75) is 46.7 Å². The van der Waals surface area contributed by atoms with Gasteiger partial charge in [0.25, 0.3) is 5.91 Å². The third-order valence-electron chi connectivity index (χ3n) is 2.86. The van der Waals surface area contributed by atoms with Gasteiger partial charge in [-0.15, -0.1) is 0 Å². The highest BCUT2D eigenvalue weighted by Gasteiger charge is 2.14. The van der Waals surface area contributed by atoms with Crippen LogP contribution in [0.15, 0.2) is 6.07 Å². The van der Waals surface area contributed by atoms with E-state index in [2.05, 4.69) is 15.7 Å². The van der Waals surface area contributed by atoms with Gasteiger partial charge in [-0.3, -0.25) is 14.3 Å². The average molecular weight is 266 g/mol. The third kappa shape index (κ3) is 4.39. The van der Waals surface area contributed by atoms with Crippen molar-refractivity contribution >= 4 is 11.8 Å². The van der Waals surface area contributed by atoms with Gasteiger partial charge in [-0.05, 0) is 33.3 Å². The smallest absolute Gasteiger partial charge is 0.269 e. The average Bonchev–Trinajstić information content (AvgIpc) is 2.77. The lowest BCUT2D eigenvalue weighted by Crippen LogP contribution is -2.41. The summed E-state index contributed by atoms with van der Waals surface area (Å²) in [4.78, 5) is 23.5. The maximum Gasteiger partial charge on any atom is 0.269 e. The van der Waals surface area contributed by atoms with Crippen molar-refractivity contribution in [1.29, 1.82) is 0 Å². The fourth-order valence-corrected chi connectivity index (χ4v) is 1.65. The van der Waals surface area contributed by atoms with E-state index in [4.69, 9.17) is 0 Å². The van der Waals surface area contributed by atoms with E-state index in [0.29, 0.717) is 12.2 Å². The molecule has 6 nitrogen and oxygen atoms in total. The van der Waals surface area contributed by atoms with Gasteiger partial charge in [0, 0.05) is 12.6 Å². The van der Waals surface area contributed by atoms with Gasteiger partial charge in [0.2, 0.25) is 5.91 Å². The van der Waals surface area contributed by atoms with Crippen LogP contribution in [-0.2, 0) is 11.3 Å². The fraction of sp³-hybridized carbons (Fsp3) is 0.615. The van der Waals surface area contributed by atoms with Crippen LogP contribution in [0.3, 0.4) is 0 Å². The largest absolute Gasteiger partial charge is 0.352 e. The molecule has 0 aromatic carbocycles. The van der Waals surface area contributed by atoms with Gasteiger partial charge in [-0.2, -0.15) is 5.10 Å². The Balaban J connectivity index is 2.53. The van der Waals surface area contributed by atoms with Crippen molar-refractivity contribution in [3.8, 4) is 0 Å². The second-order valence-electron chi connectivity index (χ2n) is 4.55. The van der Waals surface area contributed by atoms with E-state index < -0.39 is 0 Å². The first kappa shape index (κ1) is 15.2. The molecule has 0 aliphatic rings. The molecule has 0 aliphatic carbocycles. The number of nitrogens with zero attached hydrogens (tertiary/aromatic N) is 2. The number of hydrogen-bond acceptors (Lipinski definition) is 3. The molecule has 0 spiro atoms. The van der Waals surface area contributed by atoms with Crippen LogP contribution in [0, 0.1) is 6.92 Å². The second-order valence-corrected chi connectivity index (χ2v) is 4.55. The first-order valence-electron chi connectivity index (χ1n) is 6.59. The Kier molecular flexibility index (Phi) is 5.54. The molecule has 1 heterocycles. The van der Waals surface area contributed by atoms with Gasteiger partial charge in [0.05, 0.1) is 12.2 Å². The fourth-order valence-electron chi connectivity index (χ4n) is 1.65. The monoisotopic (exact) mass is 266 g/mol. The quantitative estimate of drug-likeness (QED) is 0.801. The van der Waals surface area contributed by atoms with Gasteiger partial charge in [0.15, 0.2) is 0 Å². The summed E-state index contributed by atoms with van der Waals surface area (Å²) < 4.78 is 1.62. The number of amides is 2. The van der Waals surface area contributed by atoms with E-state index in [1.165, 1.54) is 0 Å². The second kappa shape index (κ2) is 6.92. The van der Waals surface area contributed by atoms with Gasteiger partial charge < -0.3 is 10.6 Å². The topological polar surface area (TPSA) is 76.0 Å². The summed E-state index contributed by atoms with van der Waals surface area (Å²) in [6.45, 7) is 8.27. The van der Waals surface area contributed by atoms with E-state index >= 15 is 0 Å². The molecule has 0 saturated carbocycles. The van der Waals surface area contributed by atoms with Crippen LogP contribution in [0.1, 0.15) is 43.4 Å². The van der Waals surface area contributed by atoms with Crippen molar-refractivity contribution in [1.82, 2.24) is 20.4 Å². The van der Waals surface area contributed by atoms with E-state index in [1.807, 2.05) is 27.7 Å². The number of aryl methyl sites for hydroxylation is 2. The molecule has 0 bridgehead atoms. The minimum Gasteiger partial charge on any atom is -0.352 e. The molecule has 1 rings (SSSR count). The van der Waals surface area contributed by atoms with E-state index in [1.54, 1.807) is 10.7 Å². The van der Waals surface area contributed by atoms with Crippen molar-refractivity contribution in [2.24, 2.45) is 0 Å². The van der Waals surface area contributed by atoms with E-state index in [9.17, 15) is 9.59 Å². The summed E-state index contributed by atoms with van der Waals surface area (Å²) in [6, 6.07) is 1.83. The molecule has 0 radical (unpaired) electrons. The highest BCUT2D eigenvalue weighted by molar-refractivity contribution is 5.95. The molecule has 106 valence electrons. The first-order valence-corrected chi connectivity index (χ1v) is 6.59. The van der Waals surface area contributed by atoms with Crippen molar-refractivity contribution < 1.29 is 9.59 Å². The number of nitrogens with one attached hydrogen (secondary N) is 2. The van der Waals surface area contributed by atoms with Crippen LogP contribution in [0.5, 0.6) is 0 Å². The van der Waals surface area contributed by atoms with Crippen LogP contribution in [0.25, 0.3) is 0 Å². The molecule has 1 aromatic heterocycles. The normalized spacial score (nSPS) is 12.0. The van der Waals surface area contributed by atoms with Gasteiger partial charge in [-0.25, -0.2) is 0 Å². The lowest BCUT2D eigenvalue weighted by Gasteiger charge is -2.12. The Hall–Kier alpha value is -1.85. The van der Waals surface area contributed by atoms with Crippen LogP contribution in [0.2, 0.25) is 0 Å². The Bertz CT molecular complexity index is 453. The van der Waals surface area contributed by atoms with Crippen molar-refractivity contribution in [3.63, 3.8) is 0 Å². The molecular formula is C13H22N4O2. The Morgan fingerprint density at radius 1 is 1.42 bits per heavy atom. The molecule has 0 aliphatic heterocycles. The summed E-state index contributed by atoms with van der Waals surface area (Å²) in [6.07, 6.45) is 0.863. The van der Waals surface area contributed by atoms with E-state index in [-0.39, 0.29) is 24.4 Å². The highest BCUT2D eigenvalue weighted by atomic mass is 16.2. The predicted molar refractivity (Wildman–Crippen MR) is 72.9 cm³/mol. The molecule has 1 aromatic rings. The standard InChI is InChI=1S/C13H22N4O2/c1-5-9(3)15-12(18)8-14-13(19)11-7-10(4)16-17(11)6-2/h7,9H,5-6,8H2,1-4H3,(H,14,19)(H,15,18). The highest BCUT2D eigenvalue weighted by Crippen LogP contribution is 2.03. The molecule has 1 atom stereocenters. The number of rotatable bonds is 6. The van der Waals surface area contributed by atoms with E-state index in [0.717, 1.165) is 12.1 Å². The van der Waals surface area contributed by atoms with Crippen LogP contribution >= 0.6 is 0 Å². The van der Waals surface area contributed by atoms with Gasteiger partial charge in [-0.1, -0.05) is 6.92 Å². The SMILES string of the molecule is CCC(C)NC(=O)CNC(=O)c1cc(C)nn1CC. The Labute approximate surface area is 113 Å². The maximum absolute atomic E-state index is 11.9. The third-order valence-corrected chi connectivity index (χ3v) is 2.86. The zero-order valence-electron chi connectivity index (χ0n) is 12.0. The summed E-state index contributed by atoms with van der Waals surface area (Å²) >= 11 is 0. The van der Waals surface area contributed by atoms with Crippen molar-refractivity contribution in [3.05, 3.63) is 17.5 Å². The number of carbonyl (C=O) groups excluding carboxylic acids is 2. The summed E-state index contributed by atoms with van der Waals surface area (Å²) in [5.41, 5.74) is 1.27. The van der Waals surface area contributed by atoms with Crippen LogP contribution < -0.4 is 10.6 Å². The molecule has 1 unspecified atom stereocenters. The molecule has 2 N–H and O–H groups in total. The lowest BCUT2D eigenvalue weighted by molar-refractivity contribution is -0.120. The number of hydrogen-bond donors (Lipinski definition) is 2. The summed E-state index contributed by atoms with van der Waals surface area (Å²) in [5, 5.41) is 9.59. The zero-order chi connectivity index (χ0) is 14.4. The minimum atomic E-state index is -0.276. The van der Waals surface area contributed by atoms with Crippen molar-refractivity contribution in [2.75, 3.05) is 6.54 Å². The number of aromatic nitrogens is 2. The van der Waals surface area contributed by atoms with Crippen LogP contribution in [0.4, 0.5) is 0 Å². The zero-order valence-corrected chi connectivity index (χ0v) is 12.0. The number of carbonyl (C=O) groups is 2. The summed E-state index contributed by atoms with van der Waals surface area (Å²) in [5.74, 6) is -0.455. The molecule has 0 saturated heterocycles. The molecule has 6 heteroatoms. The van der Waals surface area contributed by atoms with Crippen LogP contribution in [-0.4, -0.2) is 34.2 Å². The first-order chi connectivity index (χ1) is 8.97. The van der Waals surface area contributed by atoms with Gasteiger partial charge >= 0.3 is 0 Å². The molecule has 2 amide bonds. The Morgan fingerprint density at radius 3 is 2.68 bits per heavy atom.